The van der Waals surface area contributed by atoms with E-state index in [-0.39, 0.29) is 18.9 Å². The maximum atomic E-state index is 12.4. The van der Waals surface area contributed by atoms with Crippen molar-refractivity contribution in [3.63, 3.8) is 0 Å². The summed E-state index contributed by atoms with van der Waals surface area (Å²) in [4.78, 5) is 35.3. The van der Waals surface area contributed by atoms with Crippen LogP contribution in [-0.2, 0) is 20.8 Å². The molecule has 0 radical (unpaired) electrons. The SMILES string of the molecule is CC(C)CC(NC(=O)CN)C(=O)NC(Cc1ccccc1)C(=O)O. The largest absolute Gasteiger partial charge is 0.480 e. The van der Waals surface area contributed by atoms with Crippen LogP contribution in [0.1, 0.15) is 25.8 Å². The predicted octanol–water partition coefficient (Wildman–Crippen LogP) is 0.288. The third-order valence-corrected chi connectivity index (χ3v) is 3.44. The van der Waals surface area contributed by atoms with Crippen molar-refractivity contribution >= 4 is 17.8 Å². The molecule has 0 bridgehead atoms. The molecule has 0 saturated heterocycles. The molecule has 0 aliphatic heterocycles. The van der Waals surface area contributed by atoms with Crippen LogP contribution in [0.2, 0.25) is 0 Å². The number of aliphatic carboxylic acids is 1. The lowest BCUT2D eigenvalue weighted by Crippen LogP contribution is -2.53. The lowest BCUT2D eigenvalue weighted by atomic mass is 10.0. The fourth-order valence-corrected chi connectivity index (χ4v) is 2.28. The smallest absolute Gasteiger partial charge is 0.326 e. The minimum absolute atomic E-state index is 0.149. The predicted molar refractivity (Wildman–Crippen MR) is 90.2 cm³/mol. The van der Waals surface area contributed by atoms with Gasteiger partial charge in [0.2, 0.25) is 11.8 Å². The first-order valence-corrected chi connectivity index (χ1v) is 7.90. The highest BCUT2D eigenvalue weighted by molar-refractivity contribution is 5.90. The number of rotatable bonds is 9. The zero-order valence-electron chi connectivity index (χ0n) is 14.0. The van der Waals surface area contributed by atoms with E-state index in [9.17, 15) is 19.5 Å². The maximum absolute atomic E-state index is 12.4. The number of benzene rings is 1. The average Bonchev–Trinajstić information content (AvgIpc) is 2.53. The molecule has 7 heteroatoms. The van der Waals surface area contributed by atoms with Gasteiger partial charge in [0, 0.05) is 6.42 Å². The number of carbonyl (C=O) groups excluding carboxylic acids is 2. The van der Waals surface area contributed by atoms with E-state index in [1.807, 2.05) is 19.9 Å². The molecule has 1 rings (SSSR count). The van der Waals surface area contributed by atoms with Gasteiger partial charge in [-0.25, -0.2) is 4.79 Å². The number of hydrogen-bond acceptors (Lipinski definition) is 4. The first-order valence-electron chi connectivity index (χ1n) is 7.90. The molecule has 2 amide bonds. The van der Waals surface area contributed by atoms with Crippen molar-refractivity contribution in [1.82, 2.24) is 10.6 Å². The van der Waals surface area contributed by atoms with Gasteiger partial charge in [-0.15, -0.1) is 0 Å². The fraction of sp³-hybridized carbons (Fsp3) is 0.471. The van der Waals surface area contributed by atoms with Crippen molar-refractivity contribution in [2.24, 2.45) is 11.7 Å². The van der Waals surface area contributed by atoms with E-state index in [1.54, 1.807) is 24.3 Å². The second kappa shape index (κ2) is 9.67. The van der Waals surface area contributed by atoms with Crippen LogP contribution >= 0.6 is 0 Å². The Bertz CT molecular complexity index is 560. The molecule has 7 nitrogen and oxygen atoms in total. The van der Waals surface area contributed by atoms with E-state index >= 15 is 0 Å². The highest BCUT2D eigenvalue weighted by Crippen LogP contribution is 2.07. The van der Waals surface area contributed by atoms with E-state index in [0.717, 1.165) is 5.56 Å². The van der Waals surface area contributed by atoms with Crippen LogP contribution in [0.4, 0.5) is 0 Å². The van der Waals surface area contributed by atoms with Gasteiger partial charge in [-0.05, 0) is 17.9 Å². The van der Waals surface area contributed by atoms with Crippen LogP contribution < -0.4 is 16.4 Å². The first kappa shape index (κ1) is 19.6. The van der Waals surface area contributed by atoms with E-state index in [4.69, 9.17) is 5.73 Å². The zero-order chi connectivity index (χ0) is 18.1. The molecule has 0 heterocycles. The lowest BCUT2D eigenvalue weighted by Gasteiger charge is -2.22. The summed E-state index contributed by atoms with van der Waals surface area (Å²) in [7, 11) is 0. The Morgan fingerprint density at radius 2 is 1.71 bits per heavy atom. The Balaban J connectivity index is 2.79. The fourth-order valence-electron chi connectivity index (χ4n) is 2.28. The van der Waals surface area contributed by atoms with Gasteiger partial charge in [-0.2, -0.15) is 0 Å². The maximum Gasteiger partial charge on any atom is 0.326 e. The molecule has 2 atom stereocenters. The third kappa shape index (κ3) is 6.78. The molecular weight excluding hydrogens is 310 g/mol. The molecule has 0 aromatic heterocycles. The van der Waals surface area contributed by atoms with Crippen molar-refractivity contribution in [3.8, 4) is 0 Å². The van der Waals surface area contributed by atoms with Crippen molar-refractivity contribution < 1.29 is 19.5 Å². The minimum Gasteiger partial charge on any atom is -0.480 e. The van der Waals surface area contributed by atoms with Crippen molar-refractivity contribution in [1.29, 1.82) is 0 Å². The van der Waals surface area contributed by atoms with Gasteiger partial charge in [-0.1, -0.05) is 44.2 Å². The number of amides is 2. The van der Waals surface area contributed by atoms with Crippen molar-refractivity contribution in [2.45, 2.75) is 38.8 Å². The Morgan fingerprint density at radius 3 is 2.21 bits per heavy atom. The molecule has 2 unspecified atom stereocenters. The van der Waals surface area contributed by atoms with Gasteiger partial charge < -0.3 is 21.5 Å². The number of carboxylic acid groups (broad SMARTS) is 1. The Hall–Kier alpha value is -2.41. The summed E-state index contributed by atoms with van der Waals surface area (Å²) in [6.45, 7) is 3.59. The summed E-state index contributed by atoms with van der Waals surface area (Å²) in [5.41, 5.74) is 6.07. The zero-order valence-corrected chi connectivity index (χ0v) is 14.0. The summed E-state index contributed by atoms with van der Waals surface area (Å²) in [6.07, 6.45) is 0.566. The monoisotopic (exact) mass is 335 g/mol. The summed E-state index contributed by atoms with van der Waals surface area (Å²) in [5.74, 6) is -1.95. The number of carboxylic acids is 1. The second-order valence-corrected chi connectivity index (χ2v) is 6.04. The third-order valence-electron chi connectivity index (χ3n) is 3.44. The molecule has 132 valence electrons. The minimum atomic E-state index is -1.12. The first-order chi connectivity index (χ1) is 11.3. The molecule has 0 saturated carbocycles. The number of nitrogens with two attached hydrogens (primary N) is 1. The Labute approximate surface area is 141 Å². The van der Waals surface area contributed by atoms with E-state index < -0.39 is 29.9 Å². The normalized spacial score (nSPS) is 13.2. The molecule has 5 N–H and O–H groups in total. The van der Waals surface area contributed by atoms with E-state index in [2.05, 4.69) is 10.6 Å². The molecule has 24 heavy (non-hydrogen) atoms. The number of nitrogens with one attached hydrogen (secondary N) is 2. The molecule has 1 aromatic rings. The van der Waals surface area contributed by atoms with Gasteiger partial charge in [-0.3, -0.25) is 9.59 Å². The summed E-state index contributed by atoms with van der Waals surface area (Å²) >= 11 is 0. The molecule has 1 aromatic carbocycles. The van der Waals surface area contributed by atoms with Crippen LogP contribution in [0.5, 0.6) is 0 Å². The van der Waals surface area contributed by atoms with E-state index in [0.29, 0.717) is 6.42 Å². The molecule has 0 aliphatic rings. The van der Waals surface area contributed by atoms with Gasteiger partial charge in [0.05, 0.1) is 6.54 Å². The highest BCUT2D eigenvalue weighted by Gasteiger charge is 2.27. The Morgan fingerprint density at radius 1 is 1.08 bits per heavy atom. The Kier molecular flexibility index (Phi) is 7.91. The van der Waals surface area contributed by atoms with Gasteiger partial charge in [0.1, 0.15) is 12.1 Å². The molecular formula is C17H25N3O4. The van der Waals surface area contributed by atoms with Gasteiger partial charge in [0.25, 0.3) is 0 Å². The van der Waals surface area contributed by atoms with Gasteiger partial charge in [0.15, 0.2) is 0 Å². The highest BCUT2D eigenvalue weighted by atomic mass is 16.4. The summed E-state index contributed by atoms with van der Waals surface area (Å²) < 4.78 is 0. The van der Waals surface area contributed by atoms with Crippen molar-refractivity contribution in [2.75, 3.05) is 6.54 Å². The average molecular weight is 335 g/mol. The topological polar surface area (TPSA) is 122 Å². The molecule has 0 fully saturated rings. The van der Waals surface area contributed by atoms with Crippen LogP contribution in [0, 0.1) is 5.92 Å². The summed E-state index contributed by atoms with van der Waals surface area (Å²) in [5, 5.41) is 14.4. The standard InChI is InChI=1S/C17H25N3O4/c1-11(2)8-13(19-15(21)10-18)16(22)20-14(17(23)24)9-12-6-4-3-5-7-12/h3-7,11,13-14H,8-10,18H2,1-2H3,(H,19,21)(H,20,22)(H,23,24). The number of hydrogen-bond donors (Lipinski definition) is 4. The molecule has 0 spiro atoms. The van der Waals surface area contributed by atoms with Crippen LogP contribution in [0.15, 0.2) is 30.3 Å². The van der Waals surface area contributed by atoms with Crippen LogP contribution in [-0.4, -0.2) is 41.5 Å². The second-order valence-electron chi connectivity index (χ2n) is 6.04. The summed E-state index contributed by atoms with van der Waals surface area (Å²) in [6, 6.07) is 7.16. The van der Waals surface area contributed by atoms with Crippen LogP contribution in [0.3, 0.4) is 0 Å². The quantitative estimate of drug-likeness (QED) is 0.517. The molecule has 0 aliphatic carbocycles. The number of carbonyl (C=O) groups is 3. The van der Waals surface area contributed by atoms with Gasteiger partial charge >= 0.3 is 5.97 Å². The van der Waals surface area contributed by atoms with Crippen molar-refractivity contribution in [3.05, 3.63) is 35.9 Å². The van der Waals surface area contributed by atoms with Crippen LogP contribution in [0.25, 0.3) is 0 Å². The van der Waals surface area contributed by atoms with E-state index in [1.165, 1.54) is 0 Å². The lowest BCUT2D eigenvalue weighted by molar-refractivity contribution is -0.142.